The first-order valence-corrected chi connectivity index (χ1v) is 14.8. The predicted molar refractivity (Wildman–Crippen MR) is 157 cm³/mol. The van der Waals surface area contributed by atoms with Crippen molar-refractivity contribution in [1.82, 2.24) is 0 Å². The Hall–Kier alpha value is -4.62. The quantitative estimate of drug-likeness (QED) is 0.133. The lowest BCUT2D eigenvalue weighted by Gasteiger charge is -2.45. The van der Waals surface area contributed by atoms with Crippen molar-refractivity contribution in [2.24, 2.45) is 0 Å². The molecule has 2 aliphatic heterocycles. The molecule has 270 valence electrons. The van der Waals surface area contributed by atoms with E-state index < -0.39 is 110 Å². The van der Waals surface area contributed by atoms with Gasteiger partial charge in [-0.05, 0) is 23.8 Å². The normalized spacial score (nSPS) is 29.4. The fourth-order valence-corrected chi connectivity index (χ4v) is 5.01. The number of benzene rings is 1. The number of hydrogen-bond donors (Lipinski definition) is 3. The van der Waals surface area contributed by atoms with Crippen molar-refractivity contribution in [3.63, 3.8) is 0 Å². The molecule has 18 heteroatoms. The minimum atomic E-state index is -2.54. The highest BCUT2D eigenvalue weighted by Crippen LogP contribution is 2.40. The summed E-state index contributed by atoms with van der Waals surface area (Å²) in [4.78, 5) is 72.5. The minimum Gasteiger partial charge on any atom is -0.508 e. The third-order valence-corrected chi connectivity index (χ3v) is 6.96. The van der Waals surface area contributed by atoms with Gasteiger partial charge in [-0.1, -0.05) is 12.1 Å². The first kappa shape index (κ1) is 38.8. The monoisotopic (exact) mass is 698 g/mol. The number of esters is 6. The van der Waals surface area contributed by atoms with Crippen LogP contribution in [0, 0.1) is 0 Å². The summed E-state index contributed by atoms with van der Waals surface area (Å²) in [5.41, 5.74) is 0.475. The van der Waals surface area contributed by atoms with Gasteiger partial charge < -0.3 is 58.0 Å². The van der Waals surface area contributed by atoms with Gasteiger partial charge in [-0.25, -0.2) is 4.79 Å². The van der Waals surface area contributed by atoms with Crippen molar-refractivity contribution in [2.45, 2.75) is 89.4 Å². The Balaban J connectivity index is 2.05. The number of ether oxygens (including phenoxy) is 9. The Bertz CT molecular complexity index is 1390. The molecule has 2 saturated heterocycles. The molecule has 0 bridgehead atoms. The molecule has 2 fully saturated rings. The van der Waals surface area contributed by atoms with Gasteiger partial charge in [-0.15, -0.1) is 0 Å². The highest BCUT2D eigenvalue weighted by atomic mass is 16.8. The molecule has 0 radical (unpaired) electrons. The molecule has 2 heterocycles. The van der Waals surface area contributed by atoms with Crippen LogP contribution >= 0.6 is 0 Å². The van der Waals surface area contributed by atoms with E-state index in [-0.39, 0.29) is 5.75 Å². The lowest BCUT2D eigenvalue weighted by molar-refractivity contribution is -0.383. The van der Waals surface area contributed by atoms with Crippen LogP contribution < -0.4 is 0 Å². The second kappa shape index (κ2) is 17.2. The Morgan fingerprint density at radius 1 is 0.755 bits per heavy atom. The third-order valence-electron chi connectivity index (χ3n) is 6.96. The third kappa shape index (κ3) is 10.7. The van der Waals surface area contributed by atoms with E-state index >= 15 is 0 Å². The second-order valence-corrected chi connectivity index (χ2v) is 10.9. The van der Waals surface area contributed by atoms with Gasteiger partial charge in [-0.3, -0.25) is 24.0 Å². The molecule has 0 aromatic heterocycles. The van der Waals surface area contributed by atoms with Gasteiger partial charge in [0, 0.05) is 40.7 Å². The Kier molecular flexibility index (Phi) is 13.6. The van der Waals surface area contributed by atoms with E-state index in [1.165, 1.54) is 30.3 Å². The summed E-state index contributed by atoms with van der Waals surface area (Å²) >= 11 is 0. The van der Waals surface area contributed by atoms with E-state index in [9.17, 15) is 44.1 Å². The van der Waals surface area contributed by atoms with Crippen LogP contribution in [0.5, 0.6) is 5.75 Å². The molecule has 49 heavy (non-hydrogen) atoms. The van der Waals surface area contributed by atoms with E-state index in [1.807, 2.05) is 0 Å². The summed E-state index contributed by atoms with van der Waals surface area (Å²) < 4.78 is 49.2. The van der Waals surface area contributed by atoms with Crippen molar-refractivity contribution in [3.05, 3.63) is 35.9 Å². The molecule has 18 nitrogen and oxygen atoms in total. The molecule has 3 N–H and O–H groups in total. The molecule has 1 aromatic carbocycles. The molecule has 2 aliphatic rings. The first-order valence-electron chi connectivity index (χ1n) is 14.8. The van der Waals surface area contributed by atoms with Gasteiger partial charge in [0.1, 0.15) is 43.9 Å². The van der Waals surface area contributed by atoms with Crippen LogP contribution in [-0.4, -0.2) is 126 Å². The standard InChI is InChI=1S/C31H38O18/c1-15(33)41-12-22-26(43-17(3)35)28(45-19(5)37)25(40)30(46-22)49-31(14-32)29(27(44-18(4)36)23(48-31)13-42-16(2)34)47-24(39)11-8-20-6-9-21(38)10-7-20/h6-11,22-23,25-30,32,38,40H,12-14H2,1-5H3. The number of carbonyl (C=O) groups is 6. The zero-order valence-corrected chi connectivity index (χ0v) is 27.2. The van der Waals surface area contributed by atoms with Gasteiger partial charge in [0.2, 0.25) is 5.79 Å². The van der Waals surface area contributed by atoms with E-state index in [2.05, 4.69) is 0 Å². The average molecular weight is 699 g/mol. The fraction of sp³-hybridized carbons (Fsp3) is 0.548. The van der Waals surface area contributed by atoms with Gasteiger partial charge >= 0.3 is 35.8 Å². The number of hydrogen-bond acceptors (Lipinski definition) is 18. The summed E-state index contributed by atoms with van der Waals surface area (Å²) in [5.74, 6) is -7.87. The molecule has 0 spiro atoms. The van der Waals surface area contributed by atoms with Crippen LogP contribution in [-0.2, 0) is 71.4 Å². The van der Waals surface area contributed by atoms with Crippen LogP contribution in [0.25, 0.3) is 6.08 Å². The Morgan fingerprint density at radius 3 is 1.82 bits per heavy atom. The fourth-order valence-electron chi connectivity index (χ4n) is 5.01. The van der Waals surface area contributed by atoms with Crippen molar-refractivity contribution >= 4 is 41.9 Å². The Morgan fingerprint density at radius 2 is 1.29 bits per heavy atom. The van der Waals surface area contributed by atoms with Gasteiger partial charge in [-0.2, -0.15) is 0 Å². The first-order chi connectivity index (χ1) is 23.0. The molecular formula is C31H38O18. The number of phenolic OH excluding ortho intramolecular Hbond substituents is 1. The van der Waals surface area contributed by atoms with Gasteiger partial charge in [0.25, 0.3) is 0 Å². The van der Waals surface area contributed by atoms with Crippen molar-refractivity contribution in [2.75, 3.05) is 19.8 Å². The maximum Gasteiger partial charge on any atom is 0.331 e. The number of phenols is 1. The molecule has 0 amide bonds. The van der Waals surface area contributed by atoms with Crippen LogP contribution in [0.15, 0.2) is 30.3 Å². The molecule has 3 rings (SSSR count). The lowest BCUT2D eigenvalue weighted by Crippen LogP contribution is -2.64. The maximum atomic E-state index is 13.1. The van der Waals surface area contributed by atoms with E-state index in [0.717, 1.165) is 40.7 Å². The molecular weight excluding hydrogens is 660 g/mol. The molecule has 9 unspecified atom stereocenters. The van der Waals surface area contributed by atoms with E-state index in [1.54, 1.807) is 0 Å². The van der Waals surface area contributed by atoms with Crippen molar-refractivity contribution in [3.8, 4) is 5.75 Å². The van der Waals surface area contributed by atoms with Gasteiger partial charge in [0.15, 0.2) is 30.7 Å². The lowest BCUT2D eigenvalue weighted by atomic mass is 9.98. The Labute approximate surface area is 279 Å². The number of aliphatic hydroxyl groups is 2. The summed E-state index contributed by atoms with van der Waals surface area (Å²) in [5, 5.41) is 31.6. The molecule has 1 aromatic rings. The number of aromatic hydroxyl groups is 1. The molecule has 0 saturated carbocycles. The van der Waals surface area contributed by atoms with Crippen molar-refractivity contribution < 1.29 is 86.7 Å². The van der Waals surface area contributed by atoms with Gasteiger partial charge in [0.05, 0.1) is 0 Å². The SMILES string of the molecule is CC(=O)OCC1OC(OC2(CO)OC(COC(C)=O)C(OC(C)=O)C2OC(=O)C=Cc2ccc(O)cc2)C(O)C(OC(C)=O)C1OC(C)=O. The highest BCUT2D eigenvalue weighted by molar-refractivity contribution is 5.87. The summed E-state index contributed by atoms with van der Waals surface area (Å²) in [6.45, 7) is 2.86. The topological polar surface area (TPSA) is 246 Å². The van der Waals surface area contributed by atoms with Crippen LogP contribution in [0.3, 0.4) is 0 Å². The van der Waals surface area contributed by atoms with E-state index in [0.29, 0.717) is 5.56 Å². The van der Waals surface area contributed by atoms with Crippen molar-refractivity contribution in [1.29, 1.82) is 0 Å². The van der Waals surface area contributed by atoms with Crippen LogP contribution in [0.1, 0.15) is 40.2 Å². The zero-order chi connectivity index (χ0) is 36.5. The number of aliphatic hydroxyl groups excluding tert-OH is 2. The smallest absolute Gasteiger partial charge is 0.331 e. The number of carbonyl (C=O) groups excluding carboxylic acids is 6. The average Bonchev–Trinajstić information content (AvgIpc) is 3.28. The summed E-state index contributed by atoms with van der Waals surface area (Å²) in [6, 6.07) is 5.73. The predicted octanol–water partition coefficient (Wildman–Crippen LogP) is -0.572. The zero-order valence-electron chi connectivity index (χ0n) is 27.2. The summed E-state index contributed by atoms with van der Waals surface area (Å²) in [6.07, 6.45) is -11.2. The van der Waals surface area contributed by atoms with Crippen LogP contribution in [0.2, 0.25) is 0 Å². The largest absolute Gasteiger partial charge is 0.508 e. The maximum absolute atomic E-state index is 13.1. The molecule has 0 aliphatic carbocycles. The minimum absolute atomic E-state index is 0.0203. The second-order valence-electron chi connectivity index (χ2n) is 10.9. The van der Waals surface area contributed by atoms with E-state index in [4.69, 9.17) is 42.6 Å². The summed E-state index contributed by atoms with van der Waals surface area (Å²) in [7, 11) is 0. The number of rotatable bonds is 13. The molecule has 9 atom stereocenters. The van der Waals surface area contributed by atoms with Crippen LogP contribution in [0.4, 0.5) is 0 Å². The highest BCUT2D eigenvalue weighted by Gasteiger charge is 2.63.